The zero-order chi connectivity index (χ0) is 30.0. The van der Waals surface area contributed by atoms with E-state index in [9.17, 15) is 18.0 Å². The third kappa shape index (κ3) is 8.10. The first-order chi connectivity index (χ1) is 19.6. The molecule has 0 unspecified atom stereocenters. The van der Waals surface area contributed by atoms with Crippen LogP contribution in [0.15, 0.2) is 83.8 Å². The molecule has 0 aliphatic rings. The molecule has 3 aromatic carbocycles. The maximum Gasteiger partial charge on any atom is 0.264 e. The monoisotopic (exact) mass is 579 g/mol. The van der Waals surface area contributed by atoms with Crippen LogP contribution in [0.1, 0.15) is 45.2 Å². The lowest BCUT2D eigenvalue weighted by molar-refractivity contribution is -0.140. The molecular weight excluding hydrogens is 538 g/mol. The molecule has 41 heavy (non-hydrogen) atoms. The largest absolute Gasteiger partial charge is 0.497 e. The Kier molecular flexibility index (Phi) is 11.3. The van der Waals surface area contributed by atoms with Crippen molar-refractivity contribution in [3.8, 4) is 5.75 Å². The number of benzene rings is 3. The smallest absolute Gasteiger partial charge is 0.264 e. The number of rotatable bonds is 14. The summed E-state index contributed by atoms with van der Waals surface area (Å²) in [5, 5.41) is 2.95. The molecule has 0 aromatic heterocycles. The minimum atomic E-state index is -4.11. The van der Waals surface area contributed by atoms with E-state index in [0.717, 1.165) is 11.1 Å². The van der Waals surface area contributed by atoms with Crippen molar-refractivity contribution < 1.29 is 22.7 Å². The molecule has 0 fully saturated rings. The highest BCUT2D eigenvalue weighted by Crippen LogP contribution is 2.28. The first-order valence-corrected chi connectivity index (χ1v) is 15.4. The number of anilines is 1. The van der Waals surface area contributed by atoms with Gasteiger partial charge in [-0.1, -0.05) is 76.2 Å². The first kappa shape index (κ1) is 31.7. The Morgan fingerprint density at radius 3 is 2.24 bits per heavy atom. The lowest BCUT2D eigenvalue weighted by Gasteiger charge is -2.34. The molecule has 2 amide bonds. The van der Waals surface area contributed by atoms with Crippen LogP contribution in [0.4, 0.5) is 5.69 Å². The molecule has 0 saturated heterocycles. The van der Waals surface area contributed by atoms with E-state index in [2.05, 4.69) is 5.32 Å². The number of carbonyl (C=O) groups is 2. The van der Waals surface area contributed by atoms with Crippen molar-refractivity contribution in [2.45, 2.75) is 58.0 Å². The lowest BCUT2D eigenvalue weighted by Crippen LogP contribution is -2.52. The Balaban J connectivity index is 2.08. The topological polar surface area (TPSA) is 96.0 Å². The van der Waals surface area contributed by atoms with E-state index in [-0.39, 0.29) is 23.3 Å². The molecule has 1 N–H and O–H groups in total. The number of methoxy groups -OCH3 is 1. The molecule has 0 heterocycles. The third-order valence-electron chi connectivity index (χ3n) is 6.81. The SMILES string of the molecule is CCc1ccccc1N(CC(=O)N(Cc1cccc(OC)c1)[C@@H](CC)C(=O)NCC(C)C)S(=O)(=O)c1ccccc1. The quantitative estimate of drug-likeness (QED) is 0.289. The van der Waals surface area contributed by atoms with E-state index in [1.807, 2.05) is 58.0 Å². The van der Waals surface area contributed by atoms with E-state index in [1.165, 1.54) is 21.3 Å². The Morgan fingerprint density at radius 1 is 0.927 bits per heavy atom. The molecule has 0 spiro atoms. The van der Waals surface area contributed by atoms with Gasteiger partial charge in [0.15, 0.2) is 0 Å². The highest BCUT2D eigenvalue weighted by atomic mass is 32.2. The Bertz CT molecular complexity index is 1410. The van der Waals surface area contributed by atoms with Crippen LogP contribution >= 0.6 is 0 Å². The molecule has 1 atom stereocenters. The lowest BCUT2D eigenvalue weighted by atomic mass is 10.1. The summed E-state index contributed by atoms with van der Waals surface area (Å²) in [6.07, 6.45) is 0.935. The Hall–Kier alpha value is -3.85. The van der Waals surface area contributed by atoms with Gasteiger partial charge in [-0.3, -0.25) is 13.9 Å². The molecule has 220 valence electrons. The Morgan fingerprint density at radius 2 is 1.61 bits per heavy atom. The van der Waals surface area contributed by atoms with Crippen molar-refractivity contribution >= 4 is 27.5 Å². The second kappa shape index (κ2) is 14.7. The van der Waals surface area contributed by atoms with Crippen LogP contribution in [0.25, 0.3) is 0 Å². The van der Waals surface area contributed by atoms with Crippen molar-refractivity contribution in [2.24, 2.45) is 5.92 Å². The van der Waals surface area contributed by atoms with Gasteiger partial charge in [-0.15, -0.1) is 0 Å². The summed E-state index contributed by atoms with van der Waals surface area (Å²) in [6, 6.07) is 21.7. The average Bonchev–Trinajstić information content (AvgIpc) is 2.99. The number of carbonyl (C=O) groups excluding carboxylic acids is 2. The highest BCUT2D eigenvalue weighted by molar-refractivity contribution is 7.92. The maximum atomic E-state index is 14.2. The van der Waals surface area contributed by atoms with Crippen LogP contribution in [0.5, 0.6) is 5.75 Å². The molecule has 3 aromatic rings. The molecule has 0 radical (unpaired) electrons. The fraction of sp³-hybridized carbons (Fsp3) is 0.375. The number of sulfonamides is 1. The third-order valence-corrected chi connectivity index (χ3v) is 8.58. The van der Waals surface area contributed by atoms with E-state index in [0.29, 0.717) is 30.8 Å². The van der Waals surface area contributed by atoms with Crippen LogP contribution in [0.2, 0.25) is 0 Å². The predicted molar refractivity (Wildman–Crippen MR) is 162 cm³/mol. The van der Waals surface area contributed by atoms with Crippen LogP contribution in [0, 0.1) is 5.92 Å². The number of hydrogen-bond donors (Lipinski definition) is 1. The van der Waals surface area contributed by atoms with Gasteiger partial charge in [0.2, 0.25) is 11.8 Å². The number of nitrogens with zero attached hydrogens (tertiary/aromatic N) is 2. The standard InChI is InChI=1S/C32H41N3O5S/c1-6-26-15-11-12-19-30(26)35(41(38,39)28-17-9-8-10-18-28)23-31(36)34(22-25-14-13-16-27(20-25)40-5)29(7-2)32(37)33-21-24(3)4/h8-20,24,29H,6-7,21-23H2,1-5H3,(H,33,37)/t29-/m0/s1. The second-order valence-electron chi connectivity index (χ2n) is 10.2. The minimum Gasteiger partial charge on any atom is -0.497 e. The van der Waals surface area contributed by atoms with Crippen molar-refractivity contribution in [1.82, 2.24) is 10.2 Å². The number of para-hydroxylation sites is 1. The van der Waals surface area contributed by atoms with E-state index >= 15 is 0 Å². The number of nitrogens with one attached hydrogen (secondary N) is 1. The average molecular weight is 580 g/mol. The summed E-state index contributed by atoms with van der Waals surface area (Å²) in [4.78, 5) is 29.1. The van der Waals surface area contributed by atoms with Gasteiger partial charge in [-0.2, -0.15) is 0 Å². The van der Waals surface area contributed by atoms with Gasteiger partial charge in [0.25, 0.3) is 10.0 Å². The highest BCUT2D eigenvalue weighted by Gasteiger charge is 2.34. The number of amides is 2. The Labute approximate surface area is 244 Å². The van der Waals surface area contributed by atoms with Crippen LogP contribution in [-0.2, 0) is 32.6 Å². The molecule has 8 nitrogen and oxygen atoms in total. The summed E-state index contributed by atoms with van der Waals surface area (Å²) in [6.45, 7) is 7.89. The number of hydrogen-bond acceptors (Lipinski definition) is 5. The zero-order valence-corrected chi connectivity index (χ0v) is 25.4. The van der Waals surface area contributed by atoms with Crippen LogP contribution < -0.4 is 14.4 Å². The van der Waals surface area contributed by atoms with Gasteiger partial charge >= 0.3 is 0 Å². The zero-order valence-electron chi connectivity index (χ0n) is 24.5. The van der Waals surface area contributed by atoms with Gasteiger partial charge in [0.1, 0.15) is 18.3 Å². The van der Waals surface area contributed by atoms with E-state index < -0.39 is 28.5 Å². The molecule has 0 bridgehead atoms. The molecule has 0 aliphatic heterocycles. The van der Waals surface area contributed by atoms with E-state index in [1.54, 1.807) is 43.5 Å². The summed E-state index contributed by atoms with van der Waals surface area (Å²) in [5.74, 6) is 0.0991. The second-order valence-corrected chi connectivity index (χ2v) is 12.1. The van der Waals surface area contributed by atoms with Crippen LogP contribution in [0.3, 0.4) is 0 Å². The molecule has 0 saturated carbocycles. The molecular formula is C32H41N3O5S. The molecule has 3 rings (SSSR count). The maximum absolute atomic E-state index is 14.2. The van der Waals surface area contributed by atoms with Crippen LogP contribution in [-0.4, -0.2) is 51.4 Å². The van der Waals surface area contributed by atoms with E-state index in [4.69, 9.17) is 4.74 Å². The summed E-state index contributed by atoms with van der Waals surface area (Å²) in [7, 11) is -2.54. The van der Waals surface area contributed by atoms with Gasteiger partial charge in [-0.05, 0) is 60.2 Å². The van der Waals surface area contributed by atoms with Crippen molar-refractivity contribution in [1.29, 1.82) is 0 Å². The normalized spacial score (nSPS) is 12.0. The summed E-state index contributed by atoms with van der Waals surface area (Å²) >= 11 is 0. The molecule has 0 aliphatic carbocycles. The summed E-state index contributed by atoms with van der Waals surface area (Å²) < 4.78 is 34.6. The van der Waals surface area contributed by atoms with Gasteiger partial charge < -0.3 is 15.0 Å². The first-order valence-electron chi connectivity index (χ1n) is 14.0. The number of ether oxygens (including phenoxy) is 1. The fourth-order valence-corrected chi connectivity index (χ4v) is 6.07. The van der Waals surface area contributed by atoms with Crippen molar-refractivity contribution in [3.05, 3.63) is 90.0 Å². The van der Waals surface area contributed by atoms with Gasteiger partial charge in [0, 0.05) is 13.1 Å². The molecule has 9 heteroatoms. The fourth-order valence-electron chi connectivity index (χ4n) is 4.60. The number of aryl methyl sites for hydroxylation is 1. The minimum absolute atomic E-state index is 0.0831. The summed E-state index contributed by atoms with van der Waals surface area (Å²) in [5.41, 5.74) is 1.99. The predicted octanol–water partition coefficient (Wildman–Crippen LogP) is 5.03. The van der Waals surface area contributed by atoms with Gasteiger partial charge in [-0.25, -0.2) is 8.42 Å². The van der Waals surface area contributed by atoms with Crippen molar-refractivity contribution in [3.63, 3.8) is 0 Å². The van der Waals surface area contributed by atoms with Crippen molar-refractivity contribution in [2.75, 3.05) is 24.5 Å². The van der Waals surface area contributed by atoms with Gasteiger partial charge in [0.05, 0.1) is 17.7 Å².